The third-order valence-corrected chi connectivity index (χ3v) is 12.9. The van der Waals surface area contributed by atoms with E-state index in [-0.39, 0.29) is 37.1 Å². The van der Waals surface area contributed by atoms with E-state index in [1.54, 1.807) is 0 Å². The van der Waals surface area contributed by atoms with Crippen molar-refractivity contribution in [2.45, 2.75) is 116 Å². The Hall–Kier alpha value is -3.60. The van der Waals surface area contributed by atoms with Crippen molar-refractivity contribution in [3.63, 3.8) is 0 Å². The van der Waals surface area contributed by atoms with Crippen LogP contribution in [0.15, 0.2) is 23.6 Å². The lowest BCUT2D eigenvalue weighted by atomic mass is 9.85. The number of aryl methyl sites for hydroxylation is 1. The number of primary amides is 1. The van der Waals surface area contributed by atoms with E-state index in [2.05, 4.69) is 29.8 Å². The van der Waals surface area contributed by atoms with Crippen molar-refractivity contribution >= 4 is 39.2 Å². The molecule has 298 valence electrons. The van der Waals surface area contributed by atoms with E-state index < -0.39 is 35.9 Å². The van der Waals surface area contributed by atoms with Gasteiger partial charge in [0, 0.05) is 41.4 Å². The van der Waals surface area contributed by atoms with Gasteiger partial charge in [0.1, 0.15) is 35.9 Å². The van der Waals surface area contributed by atoms with Crippen LogP contribution in [0.5, 0.6) is 11.5 Å². The van der Waals surface area contributed by atoms with Gasteiger partial charge < -0.3 is 45.3 Å². The molecular formula is C40H55N7O7S. The van der Waals surface area contributed by atoms with Crippen LogP contribution in [0, 0.1) is 23.2 Å². The summed E-state index contributed by atoms with van der Waals surface area (Å²) in [4.78, 5) is 38.7. The largest absolute Gasteiger partial charge is 0.492 e. The highest BCUT2D eigenvalue weighted by Crippen LogP contribution is 2.93. The van der Waals surface area contributed by atoms with E-state index in [1.807, 2.05) is 51.3 Å². The van der Waals surface area contributed by atoms with Crippen LogP contribution in [0.25, 0.3) is 22.3 Å². The number of morpholine rings is 1. The summed E-state index contributed by atoms with van der Waals surface area (Å²) < 4.78 is 24.7. The lowest BCUT2D eigenvalue weighted by Crippen LogP contribution is -2.59. The number of thiazole rings is 1. The molecule has 1 aromatic carbocycles. The fraction of sp³-hybridized carbons (Fsp3) is 0.650. The van der Waals surface area contributed by atoms with Crippen LogP contribution in [0.3, 0.4) is 0 Å². The highest BCUT2D eigenvalue weighted by Gasteiger charge is 2.86. The monoisotopic (exact) mass is 777 g/mol. The Morgan fingerprint density at radius 2 is 1.91 bits per heavy atom. The third-order valence-electron chi connectivity index (χ3n) is 12.1. The Bertz CT molecular complexity index is 1920. The molecule has 2 aromatic heterocycles. The lowest BCUT2D eigenvalue weighted by Gasteiger charge is -2.37. The van der Waals surface area contributed by atoms with Crippen molar-refractivity contribution in [1.29, 1.82) is 0 Å². The summed E-state index contributed by atoms with van der Waals surface area (Å²) >= 11 is 1.50. The van der Waals surface area contributed by atoms with E-state index in [1.165, 1.54) is 29.1 Å². The first-order valence-corrected chi connectivity index (χ1v) is 20.5. The summed E-state index contributed by atoms with van der Waals surface area (Å²) in [5.41, 5.74) is 9.08. The summed E-state index contributed by atoms with van der Waals surface area (Å²) in [5, 5.41) is 24.4. The number of benzene rings is 1. The van der Waals surface area contributed by atoms with Gasteiger partial charge in [-0.25, -0.2) is 9.97 Å². The van der Waals surface area contributed by atoms with Crippen molar-refractivity contribution in [3.05, 3.63) is 29.1 Å². The maximum Gasteiger partial charge on any atom is 0.241 e. The zero-order chi connectivity index (χ0) is 38.9. The molecule has 15 heteroatoms. The molecule has 6 N–H and O–H groups in total. The Morgan fingerprint density at radius 1 is 1.15 bits per heavy atom. The molecule has 2 saturated heterocycles. The van der Waals surface area contributed by atoms with E-state index in [0.29, 0.717) is 59.1 Å². The van der Waals surface area contributed by atoms with Crippen LogP contribution in [0.4, 0.5) is 5.13 Å². The SMILES string of the molecule is Cc1c(OC[C@H]2COCCN2)ccc2c(OC3C[C@@H](C(N)=O)N(C(=O)[C@@H](NC(O)OC4CC56CC5(C4)C6)C(C)(C)C)C3)cc(-c3csc(NC(C)C)n3)nc12. The number of nitrogens with two attached hydrogens (primary N) is 1. The van der Waals surface area contributed by atoms with E-state index >= 15 is 0 Å². The lowest BCUT2D eigenvalue weighted by molar-refractivity contribution is -0.174. The Morgan fingerprint density at radius 3 is 2.58 bits per heavy atom. The van der Waals surface area contributed by atoms with Gasteiger partial charge in [0.2, 0.25) is 18.2 Å². The molecule has 0 radical (unpaired) electrons. The first kappa shape index (κ1) is 38.3. The maximum atomic E-state index is 14.4. The van der Waals surface area contributed by atoms with Crippen molar-refractivity contribution in [2.75, 3.05) is 38.2 Å². The molecule has 8 rings (SSSR count). The van der Waals surface area contributed by atoms with Crippen LogP contribution in [-0.4, -0.2) is 107 Å². The van der Waals surface area contributed by atoms with Gasteiger partial charge in [-0.15, -0.1) is 11.3 Å². The normalized spacial score (nSPS) is 29.5. The van der Waals surface area contributed by atoms with E-state index in [4.69, 9.17) is 34.6 Å². The van der Waals surface area contributed by atoms with Crippen molar-refractivity contribution in [1.82, 2.24) is 25.5 Å². The number of nitrogens with one attached hydrogen (secondary N) is 3. The Kier molecular flexibility index (Phi) is 10.0. The van der Waals surface area contributed by atoms with Gasteiger partial charge in [0.05, 0.1) is 49.2 Å². The molecule has 0 spiro atoms. The summed E-state index contributed by atoms with van der Waals surface area (Å²) in [5.74, 6) is 0.292. The Balaban J connectivity index is 1.04. The number of nitrogens with zero attached hydrogens (tertiary/aromatic N) is 3. The third kappa shape index (κ3) is 7.63. The second-order valence-electron chi connectivity index (χ2n) is 17.7. The van der Waals surface area contributed by atoms with E-state index in [0.717, 1.165) is 35.5 Å². The minimum atomic E-state index is -1.32. The number of carbonyl (C=O) groups is 2. The standard InChI is InChI=1S/C40H55N7O7S/c1-21(2)43-36-45-28(18-55-36)27-12-31(26-7-8-30(22(3)32(26)44-27)52-17-23-16-51-10-9-42-23)53-24-11-29(34(41)48)47(15-24)35(49)33(38(4,5)6)46-37(50)54-25-13-39-19-40(39,14-25)20-39/h7-8,12,18,21,23-25,29,33,37,42,46,50H,9-11,13-17,19-20H2,1-6H3,(H2,41,48)(H,43,45)/t23-,24?,25?,29+,33-,37?,39?,40?/m1/s1. The van der Waals surface area contributed by atoms with Crippen LogP contribution < -0.4 is 31.2 Å². The number of aromatic nitrogens is 2. The van der Waals surface area contributed by atoms with Gasteiger partial charge in [-0.1, -0.05) is 20.8 Å². The summed E-state index contributed by atoms with van der Waals surface area (Å²) in [6.07, 6.45) is 2.78. The molecule has 0 bridgehead atoms. The molecule has 5 fully saturated rings. The number of amides is 2. The highest BCUT2D eigenvalue weighted by atomic mass is 32.1. The van der Waals surface area contributed by atoms with Crippen LogP contribution in [0.1, 0.15) is 72.3 Å². The number of rotatable bonds is 14. The number of likely N-dealkylation sites (tertiary alicyclic amines) is 1. The fourth-order valence-electron chi connectivity index (χ4n) is 9.10. The second-order valence-corrected chi connectivity index (χ2v) is 18.6. The van der Waals surface area contributed by atoms with Crippen LogP contribution >= 0.6 is 11.3 Å². The Labute approximate surface area is 326 Å². The fourth-order valence-corrected chi connectivity index (χ4v) is 9.95. The minimum absolute atomic E-state index is 0.0270. The van der Waals surface area contributed by atoms with E-state index in [9.17, 15) is 14.7 Å². The number of pyridine rings is 1. The number of carbonyl (C=O) groups excluding carboxylic acids is 2. The molecule has 2 amide bonds. The molecule has 5 atom stereocenters. The average Bonchev–Trinajstić information content (AvgIpc) is 3.54. The number of hydrogen-bond acceptors (Lipinski definition) is 13. The predicted octanol–water partition coefficient (Wildman–Crippen LogP) is 3.93. The van der Waals surface area contributed by atoms with Crippen molar-refractivity contribution in [3.8, 4) is 22.9 Å². The molecule has 3 saturated carbocycles. The van der Waals surface area contributed by atoms with Gasteiger partial charge in [-0.3, -0.25) is 14.9 Å². The number of hydrogen-bond donors (Lipinski definition) is 5. The quantitative estimate of drug-likeness (QED) is 0.149. The highest BCUT2D eigenvalue weighted by molar-refractivity contribution is 7.14. The van der Waals surface area contributed by atoms with Gasteiger partial charge >= 0.3 is 0 Å². The molecule has 3 aromatic rings. The van der Waals surface area contributed by atoms with Crippen LogP contribution in [0.2, 0.25) is 0 Å². The van der Waals surface area contributed by atoms with Crippen molar-refractivity contribution < 1.29 is 33.6 Å². The number of anilines is 1. The van der Waals surface area contributed by atoms with Crippen LogP contribution in [-0.2, 0) is 19.1 Å². The molecule has 14 nitrogen and oxygen atoms in total. The molecular weight excluding hydrogens is 723 g/mol. The molecule has 3 aliphatic carbocycles. The summed E-state index contributed by atoms with van der Waals surface area (Å²) in [6, 6.07) is 4.27. The van der Waals surface area contributed by atoms with Gasteiger partial charge in [-0.05, 0) is 74.8 Å². The first-order valence-electron chi connectivity index (χ1n) is 19.6. The first-order chi connectivity index (χ1) is 26.1. The smallest absolute Gasteiger partial charge is 0.241 e. The minimum Gasteiger partial charge on any atom is -0.492 e. The van der Waals surface area contributed by atoms with Gasteiger partial charge in [-0.2, -0.15) is 0 Å². The maximum absolute atomic E-state index is 14.4. The summed E-state index contributed by atoms with van der Waals surface area (Å²) in [7, 11) is 0. The summed E-state index contributed by atoms with van der Waals surface area (Å²) in [6.45, 7) is 14.5. The predicted molar refractivity (Wildman–Crippen MR) is 209 cm³/mol. The topological polar surface area (TPSA) is 182 Å². The number of fused-ring (bicyclic) bond motifs is 1. The molecule has 55 heavy (non-hydrogen) atoms. The second kappa shape index (κ2) is 14.4. The zero-order valence-electron chi connectivity index (χ0n) is 32.6. The van der Waals surface area contributed by atoms with Gasteiger partial charge in [0.25, 0.3) is 0 Å². The molecule has 2 aliphatic heterocycles. The number of aliphatic hydroxyl groups is 1. The molecule has 2 unspecified atom stereocenters. The molecule has 4 heterocycles. The number of ether oxygens (including phenoxy) is 4. The van der Waals surface area contributed by atoms with Crippen molar-refractivity contribution in [2.24, 2.45) is 22.0 Å². The zero-order valence-corrected chi connectivity index (χ0v) is 33.5. The average molecular weight is 778 g/mol. The van der Waals surface area contributed by atoms with Gasteiger partial charge in [0.15, 0.2) is 5.13 Å². The molecule has 5 aliphatic rings. The number of aliphatic hydroxyl groups excluding tert-OH is 1.